The van der Waals surface area contributed by atoms with Crippen molar-refractivity contribution in [3.63, 3.8) is 0 Å². The van der Waals surface area contributed by atoms with Crippen LogP contribution >= 0.6 is 0 Å². The van der Waals surface area contributed by atoms with Crippen molar-refractivity contribution in [2.24, 2.45) is 5.73 Å². The first-order valence-corrected chi connectivity index (χ1v) is 5.73. The van der Waals surface area contributed by atoms with Crippen LogP contribution in [0.5, 0.6) is 0 Å². The number of benzene rings is 1. The number of hydrogen-bond acceptors (Lipinski definition) is 1. The molecule has 1 aromatic carbocycles. The number of nitrogens with zero attached hydrogens (tertiary/aromatic N) is 1. The van der Waals surface area contributed by atoms with Gasteiger partial charge in [0.15, 0.2) is 0 Å². The average molecular weight is 256 g/mol. The van der Waals surface area contributed by atoms with E-state index in [1.54, 1.807) is 12.1 Å². The fourth-order valence-electron chi connectivity index (χ4n) is 1.91. The van der Waals surface area contributed by atoms with Crippen LogP contribution in [-0.4, -0.2) is 10.8 Å². The third-order valence-electron chi connectivity index (χ3n) is 2.70. The topological polar surface area (TPSA) is 47.5 Å². The van der Waals surface area contributed by atoms with Gasteiger partial charge in [0, 0.05) is 11.7 Å². The van der Waals surface area contributed by atoms with E-state index in [1.807, 2.05) is 30.5 Å². The van der Waals surface area contributed by atoms with Crippen LogP contribution in [0.4, 0.5) is 4.39 Å². The van der Waals surface area contributed by atoms with Gasteiger partial charge in [0.25, 0.3) is 0 Å². The van der Waals surface area contributed by atoms with Crippen LogP contribution in [0.25, 0.3) is 16.8 Å². The quantitative estimate of drug-likeness (QED) is 0.669. The van der Waals surface area contributed by atoms with Crippen molar-refractivity contribution >= 4 is 11.9 Å². The Bertz CT molecular complexity index is 674. The van der Waals surface area contributed by atoms with Crippen molar-refractivity contribution in [2.75, 3.05) is 0 Å². The maximum atomic E-state index is 12.8. The van der Waals surface area contributed by atoms with Gasteiger partial charge in [-0.1, -0.05) is 6.07 Å². The van der Waals surface area contributed by atoms with Gasteiger partial charge in [-0.2, -0.15) is 0 Å². The van der Waals surface area contributed by atoms with Crippen LogP contribution in [0.15, 0.2) is 60.8 Å². The highest BCUT2D eigenvalue weighted by atomic mass is 19.1. The van der Waals surface area contributed by atoms with Crippen molar-refractivity contribution in [1.29, 1.82) is 0 Å². The lowest BCUT2D eigenvalue weighted by Gasteiger charge is -2.02. The molecule has 3 aromatic rings. The number of aromatic nitrogens is 1. The van der Waals surface area contributed by atoms with Crippen LogP contribution in [0.3, 0.4) is 0 Å². The molecule has 0 aliphatic rings. The highest BCUT2D eigenvalue weighted by Crippen LogP contribution is 2.22. The Morgan fingerprint density at radius 2 is 1.68 bits per heavy atom. The molecule has 0 aliphatic carbocycles. The number of hydrogen-bond donors (Lipinski definition) is 1. The van der Waals surface area contributed by atoms with Crippen molar-refractivity contribution in [2.45, 2.75) is 0 Å². The molecule has 0 atom stereocenters. The highest BCUT2D eigenvalue weighted by molar-refractivity contribution is 5.67. The van der Waals surface area contributed by atoms with Gasteiger partial charge in [0.1, 0.15) is 5.82 Å². The SMILES string of the molecule is Fc1ccc(-c2ccc3ccccn23)cc1.NC=O. The zero-order valence-corrected chi connectivity index (χ0v) is 10.2. The molecule has 2 aromatic heterocycles. The van der Waals surface area contributed by atoms with Gasteiger partial charge in [-0.25, -0.2) is 4.39 Å². The summed E-state index contributed by atoms with van der Waals surface area (Å²) < 4.78 is 14.9. The molecule has 19 heavy (non-hydrogen) atoms. The number of pyridine rings is 1. The number of carbonyl (C=O) groups excluding carboxylic acids is 1. The maximum absolute atomic E-state index is 12.8. The lowest BCUT2D eigenvalue weighted by Crippen LogP contribution is -1.86. The van der Waals surface area contributed by atoms with E-state index >= 15 is 0 Å². The Morgan fingerprint density at radius 1 is 1.00 bits per heavy atom. The van der Waals surface area contributed by atoms with E-state index in [1.165, 1.54) is 12.1 Å². The first-order chi connectivity index (χ1) is 9.26. The van der Waals surface area contributed by atoms with Crippen molar-refractivity contribution < 1.29 is 9.18 Å². The molecule has 96 valence electrons. The molecule has 0 spiro atoms. The lowest BCUT2D eigenvalue weighted by atomic mass is 10.1. The molecule has 0 fully saturated rings. The van der Waals surface area contributed by atoms with Gasteiger partial charge in [-0.3, -0.25) is 4.79 Å². The molecule has 4 heteroatoms. The number of rotatable bonds is 1. The Hall–Kier alpha value is -2.62. The molecule has 3 rings (SSSR count). The zero-order valence-electron chi connectivity index (χ0n) is 10.2. The molecule has 1 amide bonds. The standard InChI is InChI=1S/C14H10FN.CH3NO/c15-12-6-4-11(5-7-12)14-9-8-13-3-1-2-10-16(13)14;2-1-3/h1-10H;1H,(H2,2,3). The summed E-state index contributed by atoms with van der Waals surface area (Å²) in [4.78, 5) is 8.58. The number of nitrogens with two attached hydrogens (primary N) is 1. The summed E-state index contributed by atoms with van der Waals surface area (Å²) in [6.45, 7) is 0. The van der Waals surface area contributed by atoms with E-state index < -0.39 is 0 Å². The molecule has 0 saturated carbocycles. The van der Waals surface area contributed by atoms with E-state index in [-0.39, 0.29) is 12.2 Å². The average Bonchev–Trinajstić information content (AvgIpc) is 2.85. The number of halogens is 1. The summed E-state index contributed by atoms with van der Waals surface area (Å²) in [6, 6.07) is 16.7. The second kappa shape index (κ2) is 5.82. The predicted molar refractivity (Wildman–Crippen MR) is 73.0 cm³/mol. The van der Waals surface area contributed by atoms with Gasteiger partial charge in [-0.15, -0.1) is 0 Å². The first-order valence-electron chi connectivity index (χ1n) is 5.73. The van der Waals surface area contributed by atoms with Gasteiger partial charge in [0.05, 0.1) is 5.69 Å². The van der Waals surface area contributed by atoms with Crippen molar-refractivity contribution in [3.05, 3.63) is 66.6 Å². The van der Waals surface area contributed by atoms with E-state index in [0.29, 0.717) is 0 Å². The molecule has 0 aliphatic heterocycles. The first kappa shape index (κ1) is 12.8. The normalized spacial score (nSPS) is 9.74. The monoisotopic (exact) mass is 256 g/mol. The summed E-state index contributed by atoms with van der Waals surface area (Å²) in [5.41, 5.74) is 7.41. The largest absolute Gasteiger partial charge is 0.372 e. The minimum Gasteiger partial charge on any atom is -0.372 e. The maximum Gasteiger partial charge on any atom is 0.204 e. The van der Waals surface area contributed by atoms with Gasteiger partial charge in [-0.05, 0) is 54.1 Å². The fourth-order valence-corrected chi connectivity index (χ4v) is 1.91. The fraction of sp³-hybridized carbons (Fsp3) is 0. The van der Waals surface area contributed by atoms with Gasteiger partial charge >= 0.3 is 0 Å². The molecule has 3 nitrogen and oxygen atoms in total. The number of carbonyl (C=O) groups is 1. The molecule has 0 unspecified atom stereocenters. The summed E-state index contributed by atoms with van der Waals surface area (Å²) in [6.07, 6.45) is 2.26. The van der Waals surface area contributed by atoms with E-state index in [9.17, 15) is 4.39 Å². The van der Waals surface area contributed by atoms with Gasteiger partial charge in [0.2, 0.25) is 6.41 Å². The van der Waals surface area contributed by atoms with Crippen molar-refractivity contribution in [3.8, 4) is 11.3 Å². The smallest absolute Gasteiger partial charge is 0.204 e. The number of amides is 1. The minimum atomic E-state index is -0.204. The van der Waals surface area contributed by atoms with E-state index in [4.69, 9.17) is 4.79 Å². The predicted octanol–water partition coefficient (Wildman–Crippen LogP) is 2.85. The molecule has 2 heterocycles. The summed E-state index contributed by atoms with van der Waals surface area (Å²) in [5.74, 6) is -0.204. The minimum absolute atomic E-state index is 0.204. The van der Waals surface area contributed by atoms with Crippen LogP contribution in [0.2, 0.25) is 0 Å². The Labute approximate surface area is 110 Å². The molecule has 0 radical (unpaired) electrons. The Morgan fingerprint density at radius 3 is 2.37 bits per heavy atom. The van der Waals surface area contributed by atoms with Crippen LogP contribution < -0.4 is 5.73 Å². The lowest BCUT2D eigenvalue weighted by molar-refractivity contribution is -0.106. The van der Waals surface area contributed by atoms with Crippen LogP contribution in [0, 0.1) is 5.82 Å². The molecule has 0 bridgehead atoms. The number of fused-ring (bicyclic) bond motifs is 1. The van der Waals surface area contributed by atoms with Crippen LogP contribution in [-0.2, 0) is 4.79 Å². The summed E-state index contributed by atoms with van der Waals surface area (Å²) in [7, 11) is 0. The Balaban J connectivity index is 0.000000408. The third kappa shape index (κ3) is 2.80. The molecular weight excluding hydrogens is 243 g/mol. The third-order valence-corrected chi connectivity index (χ3v) is 2.70. The van der Waals surface area contributed by atoms with E-state index in [2.05, 4.69) is 16.2 Å². The zero-order chi connectivity index (χ0) is 13.7. The molecular formula is C15H13FN2O. The van der Waals surface area contributed by atoms with Gasteiger partial charge < -0.3 is 10.1 Å². The Kier molecular flexibility index (Phi) is 3.93. The molecule has 0 saturated heterocycles. The summed E-state index contributed by atoms with van der Waals surface area (Å²) in [5, 5.41) is 0. The summed E-state index contributed by atoms with van der Waals surface area (Å²) >= 11 is 0. The van der Waals surface area contributed by atoms with E-state index in [0.717, 1.165) is 16.8 Å². The molecule has 2 N–H and O–H groups in total. The highest BCUT2D eigenvalue weighted by Gasteiger charge is 2.03. The van der Waals surface area contributed by atoms with Crippen molar-refractivity contribution in [1.82, 2.24) is 4.40 Å². The second-order valence-corrected chi connectivity index (χ2v) is 3.86. The second-order valence-electron chi connectivity index (χ2n) is 3.86. The number of primary amides is 1. The van der Waals surface area contributed by atoms with Crippen LogP contribution in [0.1, 0.15) is 0 Å².